The SMILES string of the molecule is CC(C)N(Cc1ccccc1)C1=NC2C(C(=O)N(C)C(=O)N2C)N1CC(=O)O. The van der Waals surface area contributed by atoms with Crippen LogP contribution in [0, 0.1) is 0 Å². The van der Waals surface area contributed by atoms with Crippen LogP contribution in [0.2, 0.25) is 0 Å². The molecule has 150 valence electrons. The zero-order valence-electron chi connectivity index (χ0n) is 16.4. The van der Waals surface area contributed by atoms with Crippen molar-refractivity contribution in [2.45, 2.75) is 38.6 Å². The maximum Gasteiger partial charge on any atom is 0.328 e. The van der Waals surface area contributed by atoms with E-state index in [1.165, 1.54) is 16.8 Å². The molecule has 0 radical (unpaired) electrons. The van der Waals surface area contributed by atoms with Crippen molar-refractivity contribution in [2.24, 2.45) is 4.99 Å². The number of carboxylic acids is 1. The number of urea groups is 1. The number of guanidine groups is 1. The average Bonchev–Trinajstić information content (AvgIpc) is 3.01. The second-order valence-corrected chi connectivity index (χ2v) is 7.31. The second kappa shape index (κ2) is 7.49. The molecule has 2 aliphatic rings. The zero-order chi connectivity index (χ0) is 20.6. The number of rotatable bonds is 5. The number of hydrogen-bond acceptors (Lipinski definition) is 6. The van der Waals surface area contributed by atoms with E-state index in [-0.39, 0.29) is 12.6 Å². The molecule has 28 heavy (non-hydrogen) atoms. The van der Waals surface area contributed by atoms with Gasteiger partial charge in [0.25, 0.3) is 5.91 Å². The number of imide groups is 1. The minimum absolute atomic E-state index is 0.00393. The molecule has 0 spiro atoms. The molecule has 3 amide bonds. The number of aliphatic imine (C=N–C) groups is 1. The Bertz CT molecular complexity index is 810. The predicted octanol–water partition coefficient (Wildman–Crippen LogP) is 0.872. The zero-order valence-corrected chi connectivity index (χ0v) is 16.4. The van der Waals surface area contributed by atoms with Crippen LogP contribution in [0.5, 0.6) is 0 Å². The van der Waals surface area contributed by atoms with Crippen molar-refractivity contribution >= 4 is 23.9 Å². The van der Waals surface area contributed by atoms with Crippen LogP contribution in [0.3, 0.4) is 0 Å². The van der Waals surface area contributed by atoms with Crippen LogP contribution in [0.1, 0.15) is 19.4 Å². The van der Waals surface area contributed by atoms with Crippen LogP contribution in [0.4, 0.5) is 4.79 Å². The molecule has 9 nitrogen and oxygen atoms in total. The number of fused-ring (bicyclic) bond motifs is 1. The summed E-state index contributed by atoms with van der Waals surface area (Å²) in [5, 5.41) is 9.44. The normalized spacial score (nSPS) is 21.9. The Kier molecular flexibility index (Phi) is 5.26. The highest BCUT2D eigenvalue weighted by molar-refractivity contribution is 6.04. The number of aliphatic carboxylic acids is 1. The van der Waals surface area contributed by atoms with Crippen LogP contribution < -0.4 is 0 Å². The summed E-state index contributed by atoms with van der Waals surface area (Å²) in [6.07, 6.45) is -0.748. The van der Waals surface area contributed by atoms with Gasteiger partial charge in [0.2, 0.25) is 5.96 Å². The largest absolute Gasteiger partial charge is 0.480 e. The Morgan fingerprint density at radius 2 is 1.86 bits per heavy atom. The lowest BCUT2D eigenvalue weighted by Crippen LogP contribution is -2.65. The van der Waals surface area contributed by atoms with E-state index in [0.29, 0.717) is 12.5 Å². The quantitative estimate of drug-likeness (QED) is 0.805. The summed E-state index contributed by atoms with van der Waals surface area (Å²) in [6, 6.07) is 8.46. The fraction of sp³-hybridized carbons (Fsp3) is 0.474. The van der Waals surface area contributed by atoms with E-state index in [9.17, 15) is 19.5 Å². The van der Waals surface area contributed by atoms with Gasteiger partial charge >= 0.3 is 12.0 Å². The third-order valence-electron chi connectivity index (χ3n) is 5.07. The van der Waals surface area contributed by atoms with Gasteiger partial charge in [-0.15, -0.1) is 0 Å². The van der Waals surface area contributed by atoms with Gasteiger partial charge in [-0.3, -0.25) is 14.5 Å². The van der Waals surface area contributed by atoms with Gasteiger partial charge in [0.05, 0.1) is 0 Å². The maximum atomic E-state index is 12.8. The Balaban J connectivity index is 2.01. The number of carboxylic acid groups (broad SMARTS) is 1. The van der Waals surface area contributed by atoms with E-state index in [4.69, 9.17) is 0 Å². The Morgan fingerprint density at radius 3 is 2.43 bits per heavy atom. The van der Waals surface area contributed by atoms with Crippen molar-refractivity contribution in [1.82, 2.24) is 19.6 Å². The fourth-order valence-electron chi connectivity index (χ4n) is 3.57. The molecular weight excluding hydrogens is 362 g/mol. The van der Waals surface area contributed by atoms with Gasteiger partial charge in [0.1, 0.15) is 6.54 Å². The third-order valence-corrected chi connectivity index (χ3v) is 5.07. The topological polar surface area (TPSA) is 96.8 Å². The van der Waals surface area contributed by atoms with Gasteiger partial charge in [-0.1, -0.05) is 30.3 Å². The summed E-state index contributed by atoms with van der Waals surface area (Å²) in [6.45, 7) is 4.10. The lowest BCUT2D eigenvalue weighted by Gasteiger charge is -2.40. The van der Waals surface area contributed by atoms with E-state index in [0.717, 1.165) is 10.5 Å². The first-order valence-electron chi connectivity index (χ1n) is 9.13. The standard InChI is InChI=1S/C19H25N5O4/c1-12(2)23(10-13-8-6-5-7-9-13)18-20-16-15(24(18)11-14(25)26)17(27)22(4)19(28)21(16)3/h5-9,12,15-16H,10-11H2,1-4H3,(H,25,26). The summed E-state index contributed by atoms with van der Waals surface area (Å²) in [4.78, 5) is 47.2. The van der Waals surface area contributed by atoms with Crippen molar-refractivity contribution in [1.29, 1.82) is 0 Å². The van der Waals surface area contributed by atoms with Gasteiger partial charge in [-0.05, 0) is 19.4 Å². The van der Waals surface area contributed by atoms with Gasteiger partial charge in [-0.25, -0.2) is 9.79 Å². The Hall–Kier alpha value is -3.10. The number of benzene rings is 1. The summed E-state index contributed by atoms with van der Waals surface area (Å²) in [5.41, 5.74) is 1.04. The van der Waals surface area contributed by atoms with Crippen molar-refractivity contribution in [3.63, 3.8) is 0 Å². The van der Waals surface area contributed by atoms with E-state index in [1.807, 2.05) is 49.1 Å². The highest BCUT2D eigenvalue weighted by atomic mass is 16.4. The number of carbonyl (C=O) groups excluding carboxylic acids is 2. The van der Waals surface area contributed by atoms with E-state index < -0.39 is 30.1 Å². The average molecular weight is 387 g/mol. The number of likely N-dealkylation sites (N-methyl/N-ethyl adjacent to an activating group) is 2. The van der Waals surface area contributed by atoms with Crippen LogP contribution in [0.25, 0.3) is 0 Å². The first kappa shape index (κ1) is 19.7. The van der Waals surface area contributed by atoms with E-state index >= 15 is 0 Å². The molecule has 1 fully saturated rings. The number of hydrogen-bond donors (Lipinski definition) is 1. The third kappa shape index (κ3) is 3.39. The smallest absolute Gasteiger partial charge is 0.328 e. The lowest BCUT2D eigenvalue weighted by atomic mass is 10.1. The fourth-order valence-corrected chi connectivity index (χ4v) is 3.57. The molecule has 2 atom stereocenters. The van der Waals surface area contributed by atoms with Crippen LogP contribution in [-0.4, -0.2) is 87.5 Å². The maximum absolute atomic E-state index is 12.8. The van der Waals surface area contributed by atoms with Crippen LogP contribution in [-0.2, 0) is 16.1 Å². The van der Waals surface area contributed by atoms with E-state index in [2.05, 4.69) is 4.99 Å². The number of nitrogens with zero attached hydrogens (tertiary/aromatic N) is 5. The summed E-state index contributed by atoms with van der Waals surface area (Å²) in [5.74, 6) is -1.09. The molecule has 0 aromatic heterocycles. The summed E-state index contributed by atoms with van der Waals surface area (Å²) in [7, 11) is 2.98. The van der Waals surface area contributed by atoms with Crippen molar-refractivity contribution < 1.29 is 19.5 Å². The highest BCUT2D eigenvalue weighted by Crippen LogP contribution is 2.29. The minimum Gasteiger partial charge on any atom is -0.480 e. The lowest BCUT2D eigenvalue weighted by molar-refractivity contribution is -0.141. The number of carbonyl (C=O) groups is 3. The molecule has 1 aromatic rings. The van der Waals surface area contributed by atoms with Crippen LogP contribution in [0.15, 0.2) is 35.3 Å². The minimum atomic E-state index is -1.06. The molecule has 1 N–H and O–H groups in total. The summed E-state index contributed by atoms with van der Waals surface area (Å²) >= 11 is 0. The van der Waals surface area contributed by atoms with Crippen LogP contribution >= 0.6 is 0 Å². The first-order valence-corrected chi connectivity index (χ1v) is 9.13. The molecule has 2 heterocycles. The molecule has 1 saturated heterocycles. The molecule has 1 aromatic carbocycles. The predicted molar refractivity (Wildman–Crippen MR) is 102 cm³/mol. The Morgan fingerprint density at radius 1 is 1.21 bits per heavy atom. The van der Waals surface area contributed by atoms with Crippen molar-refractivity contribution in [3.8, 4) is 0 Å². The molecule has 0 saturated carbocycles. The number of amides is 3. The van der Waals surface area contributed by atoms with Gasteiger partial charge < -0.3 is 19.8 Å². The summed E-state index contributed by atoms with van der Waals surface area (Å²) < 4.78 is 0. The molecule has 3 rings (SSSR count). The van der Waals surface area contributed by atoms with Gasteiger partial charge in [-0.2, -0.15) is 0 Å². The molecule has 2 aliphatic heterocycles. The molecule has 2 unspecified atom stereocenters. The second-order valence-electron chi connectivity index (χ2n) is 7.31. The monoisotopic (exact) mass is 387 g/mol. The molecule has 9 heteroatoms. The first-order chi connectivity index (χ1) is 13.2. The highest BCUT2D eigenvalue weighted by Gasteiger charge is 2.52. The van der Waals surface area contributed by atoms with Crippen molar-refractivity contribution in [3.05, 3.63) is 35.9 Å². The molecule has 0 aliphatic carbocycles. The van der Waals surface area contributed by atoms with Gasteiger partial charge in [0, 0.05) is 26.7 Å². The molecular formula is C19H25N5O4. The van der Waals surface area contributed by atoms with Crippen molar-refractivity contribution in [2.75, 3.05) is 20.6 Å². The molecule has 0 bridgehead atoms. The Labute approximate surface area is 163 Å². The van der Waals surface area contributed by atoms with Gasteiger partial charge in [0.15, 0.2) is 12.2 Å². The van der Waals surface area contributed by atoms with E-state index in [1.54, 1.807) is 7.05 Å².